The van der Waals surface area contributed by atoms with Crippen molar-refractivity contribution in [2.24, 2.45) is 7.05 Å². The SMILES string of the molecule is Cc1nn(C)c(C)c1[C@@H](C)C(=O)N[C@H](C#N)c1cccc(Cl)c1. The van der Waals surface area contributed by atoms with Gasteiger partial charge in [0.25, 0.3) is 0 Å². The van der Waals surface area contributed by atoms with E-state index < -0.39 is 12.0 Å². The van der Waals surface area contributed by atoms with E-state index in [1.165, 1.54) is 0 Å². The summed E-state index contributed by atoms with van der Waals surface area (Å²) >= 11 is 5.95. The molecule has 0 aliphatic heterocycles. The number of aryl methyl sites for hydroxylation is 2. The Morgan fingerprint density at radius 1 is 1.43 bits per heavy atom. The van der Waals surface area contributed by atoms with Crippen LogP contribution in [0.5, 0.6) is 0 Å². The second-order valence-corrected chi connectivity index (χ2v) is 5.99. The number of carbonyl (C=O) groups excluding carboxylic acids is 1. The van der Waals surface area contributed by atoms with Crippen molar-refractivity contribution in [2.45, 2.75) is 32.7 Å². The van der Waals surface area contributed by atoms with E-state index in [1.54, 1.807) is 28.9 Å². The van der Waals surface area contributed by atoms with E-state index in [0.717, 1.165) is 17.0 Å². The minimum atomic E-state index is -0.735. The molecule has 6 heteroatoms. The molecule has 1 aromatic heterocycles. The highest BCUT2D eigenvalue weighted by Gasteiger charge is 2.25. The Balaban J connectivity index is 2.21. The van der Waals surface area contributed by atoms with E-state index in [1.807, 2.05) is 27.8 Å². The summed E-state index contributed by atoms with van der Waals surface area (Å²) in [6.45, 7) is 5.63. The molecule has 2 rings (SSSR count). The minimum absolute atomic E-state index is 0.212. The van der Waals surface area contributed by atoms with Gasteiger partial charge in [0.2, 0.25) is 5.91 Å². The van der Waals surface area contributed by atoms with Gasteiger partial charge in [-0.3, -0.25) is 9.48 Å². The maximum atomic E-state index is 12.6. The van der Waals surface area contributed by atoms with Gasteiger partial charge in [0.1, 0.15) is 6.04 Å². The first-order valence-corrected chi connectivity index (χ1v) is 7.68. The van der Waals surface area contributed by atoms with Crippen LogP contribution in [0.15, 0.2) is 24.3 Å². The lowest BCUT2D eigenvalue weighted by atomic mass is 9.97. The molecule has 1 aromatic carbocycles. The molecule has 2 atom stereocenters. The van der Waals surface area contributed by atoms with Gasteiger partial charge in [-0.15, -0.1) is 0 Å². The number of halogens is 1. The third kappa shape index (κ3) is 3.54. The van der Waals surface area contributed by atoms with Gasteiger partial charge in [0.15, 0.2) is 0 Å². The maximum Gasteiger partial charge on any atom is 0.228 e. The topological polar surface area (TPSA) is 70.7 Å². The van der Waals surface area contributed by atoms with Gasteiger partial charge < -0.3 is 5.32 Å². The molecular formula is C17H19ClN4O. The number of hydrogen-bond acceptors (Lipinski definition) is 3. The van der Waals surface area contributed by atoms with Crippen molar-refractivity contribution in [1.82, 2.24) is 15.1 Å². The standard InChI is InChI=1S/C17H19ClN4O/c1-10(16-11(2)21-22(4)12(16)3)17(23)20-15(9-19)13-6-5-7-14(18)8-13/h5-8,10,15H,1-4H3,(H,20,23)/t10-,15-/m1/s1. The van der Waals surface area contributed by atoms with E-state index in [4.69, 9.17) is 11.6 Å². The van der Waals surface area contributed by atoms with Crippen molar-refractivity contribution < 1.29 is 4.79 Å². The summed E-state index contributed by atoms with van der Waals surface area (Å²) in [5.41, 5.74) is 3.33. The van der Waals surface area contributed by atoms with Crippen molar-refractivity contribution in [3.63, 3.8) is 0 Å². The summed E-state index contributed by atoms with van der Waals surface area (Å²) in [4.78, 5) is 12.6. The van der Waals surface area contributed by atoms with Crippen LogP contribution in [0, 0.1) is 25.2 Å². The van der Waals surface area contributed by atoms with Crippen LogP contribution in [-0.2, 0) is 11.8 Å². The maximum absolute atomic E-state index is 12.6. The molecular weight excluding hydrogens is 312 g/mol. The average molecular weight is 331 g/mol. The first kappa shape index (κ1) is 17.0. The Morgan fingerprint density at radius 2 is 2.13 bits per heavy atom. The molecule has 0 bridgehead atoms. The van der Waals surface area contributed by atoms with Crippen LogP contribution in [0.25, 0.3) is 0 Å². The van der Waals surface area contributed by atoms with E-state index in [2.05, 4.69) is 16.5 Å². The molecule has 1 amide bonds. The van der Waals surface area contributed by atoms with Gasteiger partial charge in [0, 0.05) is 23.3 Å². The Bertz CT molecular complexity index is 775. The second kappa shape index (κ2) is 6.84. The third-order valence-electron chi connectivity index (χ3n) is 3.99. The molecule has 0 aliphatic rings. The van der Waals surface area contributed by atoms with Crippen LogP contribution in [0.4, 0.5) is 0 Å². The fourth-order valence-electron chi connectivity index (χ4n) is 2.69. The molecule has 5 nitrogen and oxygen atoms in total. The van der Waals surface area contributed by atoms with Gasteiger partial charge >= 0.3 is 0 Å². The molecule has 1 N–H and O–H groups in total. The van der Waals surface area contributed by atoms with Crippen molar-refractivity contribution in [3.8, 4) is 6.07 Å². The zero-order valence-electron chi connectivity index (χ0n) is 13.6. The van der Waals surface area contributed by atoms with Gasteiger partial charge in [-0.05, 0) is 38.5 Å². The number of nitriles is 1. The molecule has 120 valence electrons. The van der Waals surface area contributed by atoms with Crippen LogP contribution in [-0.4, -0.2) is 15.7 Å². The molecule has 0 radical (unpaired) electrons. The summed E-state index contributed by atoms with van der Waals surface area (Å²) in [6.07, 6.45) is 0. The molecule has 1 heterocycles. The van der Waals surface area contributed by atoms with Gasteiger partial charge in [-0.2, -0.15) is 10.4 Å². The lowest BCUT2D eigenvalue weighted by molar-refractivity contribution is -0.122. The van der Waals surface area contributed by atoms with Gasteiger partial charge in [0.05, 0.1) is 17.7 Å². The fourth-order valence-corrected chi connectivity index (χ4v) is 2.89. The number of amides is 1. The quantitative estimate of drug-likeness (QED) is 0.936. The molecule has 0 fully saturated rings. The summed E-state index contributed by atoms with van der Waals surface area (Å²) in [7, 11) is 1.85. The van der Waals surface area contributed by atoms with E-state index in [-0.39, 0.29) is 5.91 Å². The smallest absolute Gasteiger partial charge is 0.228 e. The first-order valence-electron chi connectivity index (χ1n) is 7.30. The molecule has 0 unspecified atom stereocenters. The van der Waals surface area contributed by atoms with E-state index in [9.17, 15) is 10.1 Å². The van der Waals surface area contributed by atoms with Crippen LogP contribution in [0.1, 0.15) is 41.4 Å². The lowest BCUT2D eigenvalue weighted by Crippen LogP contribution is -2.31. The van der Waals surface area contributed by atoms with Crippen molar-refractivity contribution >= 4 is 17.5 Å². The number of nitrogens with zero attached hydrogens (tertiary/aromatic N) is 3. The number of carbonyl (C=O) groups is 1. The zero-order chi connectivity index (χ0) is 17.1. The number of nitrogens with one attached hydrogen (secondary N) is 1. The van der Waals surface area contributed by atoms with Crippen LogP contribution in [0.3, 0.4) is 0 Å². The number of hydrogen-bond donors (Lipinski definition) is 1. The van der Waals surface area contributed by atoms with Gasteiger partial charge in [-0.1, -0.05) is 23.7 Å². The summed E-state index contributed by atoms with van der Waals surface area (Å²) in [6, 6.07) is 8.31. The largest absolute Gasteiger partial charge is 0.336 e. The van der Waals surface area contributed by atoms with Gasteiger partial charge in [-0.25, -0.2) is 0 Å². The predicted octanol–water partition coefficient (Wildman–Crippen LogP) is 3.17. The van der Waals surface area contributed by atoms with E-state index >= 15 is 0 Å². The Morgan fingerprint density at radius 3 is 2.65 bits per heavy atom. The fraction of sp³-hybridized carbons (Fsp3) is 0.353. The molecule has 0 saturated heterocycles. The van der Waals surface area contributed by atoms with Crippen molar-refractivity contribution in [3.05, 3.63) is 51.8 Å². The molecule has 2 aromatic rings. The third-order valence-corrected chi connectivity index (χ3v) is 4.22. The minimum Gasteiger partial charge on any atom is -0.336 e. The predicted molar refractivity (Wildman–Crippen MR) is 89.0 cm³/mol. The monoisotopic (exact) mass is 330 g/mol. The molecule has 0 saturated carbocycles. The average Bonchev–Trinajstić information content (AvgIpc) is 2.76. The van der Waals surface area contributed by atoms with Crippen LogP contribution < -0.4 is 5.32 Å². The second-order valence-electron chi connectivity index (χ2n) is 5.56. The molecule has 0 spiro atoms. The Hall–Kier alpha value is -2.32. The normalized spacial score (nSPS) is 13.2. The summed E-state index contributed by atoms with van der Waals surface area (Å²) in [5.74, 6) is -0.602. The molecule has 0 aliphatic carbocycles. The van der Waals surface area contributed by atoms with Crippen LogP contribution in [0.2, 0.25) is 5.02 Å². The highest BCUT2D eigenvalue weighted by atomic mass is 35.5. The lowest BCUT2D eigenvalue weighted by Gasteiger charge is -2.17. The highest BCUT2D eigenvalue weighted by Crippen LogP contribution is 2.24. The van der Waals surface area contributed by atoms with Crippen LogP contribution >= 0.6 is 11.6 Å². The number of rotatable bonds is 4. The van der Waals surface area contributed by atoms with Crippen molar-refractivity contribution in [1.29, 1.82) is 5.26 Å². The van der Waals surface area contributed by atoms with Crippen molar-refractivity contribution in [2.75, 3.05) is 0 Å². The zero-order valence-corrected chi connectivity index (χ0v) is 14.3. The summed E-state index contributed by atoms with van der Waals surface area (Å²) in [5, 5.41) is 17.0. The Labute approximate surface area is 140 Å². The van der Waals surface area contributed by atoms with E-state index in [0.29, 0.717) is 10.6 Å². The summed E-state index contributed by atoms with van der Waals surface area (Å²) < 4.78 is 1.76. The Kier molecular flexibility index (Phi) is 5.07. The highest BCUT2D eigenvalue weighted by molar-refractivity contribution is 6.30. The number of aromatic nitrogens is 2. The first-order chi connectivity index (χ1) is 10.8. The molecule has 23 heavy (non-hydrogen) atoms. The number of benzene rings is 1.